The number of carbonyl (C=O) groups excluding carboxylic acids is 2. The van der Waals surface area contributed by atoms with Crippen molar-refractivity contribution in [1.29, 1.82) is 0 Å². The van der Waals surface area contributed by atoms with Crippen LogP contribution in [0.2, 0.25) is 5.02 Å². The molecule has 0 saturated carbocycles. The van der Waals surface area contributed by atoms with E-state index in [1.807, 2.05) is 13.0 Å². The molecule has 0 spiro atoms. The molecule has 0 atom stereocenters. The quantitative estimate of drug-likeness (QED) is 0.619. The Balaban J connectivity index is 2.22. The number of halogens is 1. The van der Waals surface area contributed by atoms with Gasteiger partial charge in [-0.1, -0.05) is 18.5 Å². The summed E-state index contributed by atoms with van der Waals surface area (Å²) in [4.78, 5) is 25.7. The van der Waals surface area contributed by atoms with E-state index in [9.17, 15) is 9.59 Å². The predicted molar refractivity (Wildman–Crippen MR) is 83.4 cm³/mol. The van der Waals surface area contributed by atoms with E-state index in [0.717, 1.165) is 15.5 Å². The van der Waals surface area contributed by atoms with Crippen molar-refractivity contribution in [2.45, 2.75) is 11.8 Å². The topological polar surface area (TPSA) is 69.6 Å². The van der Waals surface area contributed by atoms with Gasteiger partial charge in [0, 0.05) is 16.0 Å². The Morgan fingerprint density at radius 3 is 2.81 bits per heavy atom. The lowest BCUT2D eigenvalue weighted by molar-refractivity contribution is -0.137. The highest BCUT2D eigenvalue weighted by atomic mass is 35.5. The average Bonchev–Trinajstić information content (AvgIpc) is 2.70. The second kappa shape index (κ2) is 6.98. The zero-order valence-corrected chi connectivity index (χ0v) is 13.0. The molecule has 0 radical (unpaired) electrons. The van der Waals surface area contributed by atoms with Crippen LogP contribution in [0.25, 0.3) is 0 Å². The minimum atomic E-state index is -0.443. The molecule has 1 aliphatic heterocycles. The summed E-state index contributed by atoms with van der Waals surface area (Å²) in [7, 11) is 0. The van der Waals surface area contributed by atoms with Crippen LogP contribution in [0.15, 0.2) is 34.9 Å². The molecule has 2 rings (SSSR count). The van der Waals surface area contributed by atoms with Crippen LogP contribution in [0, 0.1) is 0 Å². The summed E-state index contributed by atoms with van der Waals surface area (Å²) in [6.45, 7) is 1.76. The van der Waals surface area contributed by atoms with Crippen LogP contribution in [0.4, 0.5) is 5.69 Å². The van der Waals surface area contributed by atoms with Gasteiger partial charge < -0.3 is 10.4 Å². The molecule has 0 unspecified atom stereocenters. The molecule has 1 heterocycles. The van der Waals surface area contributed by atoms with Gasteiger partial charge >= 0.3 is 0 Å². The Labute approximate surface area is 132 Å². The number of β-amino-alcohol motifs (C(OH)–C–C–N with tert-alkyl or cyclic N) is 1. The van der Waals surface area contributed by atoms with E-state index in [-0.39, 0.29) is 18.8 Å². The number of hydrogen-bond donors (Lipinski definition) is 2. The Morgan fingerprint density at radius 2 is 2.14 bits per heavy atom. The fraction of sp³-hybridized carbons (Fsp3) is 0.286. The summed E-state index contributed by atoms with van der Waals surface area (Å²) in [6.07, 6.45) is 1.24. The lowest BCUT2D eigenvalue weighted by Gasteiger charge is -2.15. The first-order chi connectivity index (χ1) is 10.1. The lowest BCUT2D eigenvalue weighted by Crippen LogP contribution is -2.34. The van der Waals surface area contributed by atoms with Crippen LogP contribution in [-0.2, 0) is 9.59 Å². The Bertz CT molecular complexity index is 604. The predicted octanol–water partition coefficient (Wildman–Crippen LogP) is 2.11. The molecule has 1 aromatic rings. The van der Waals surface area contributed by atoms with E-state index in [4.69, 9.17) is 16.7 Å². The van der Waals surface area contributed by atoms with Crippen LogP contribution >= 0.6 is 23.4 Å². The van der Waals surface area contributed by atoms with Gasteiger partial charge in [-0.25, -0.2) is 0 Å². The van der Waals surface area contributed by atoms with Crippen molar-refractivity contribution >= 4 is 40.9 Å². The number of rotatable bonds is 6. The van der Waals surface area contributed by atoms with Gasteiger partial charge in [-0.15, -0.1) is 11.8 Å². The molecule has 112 valence electrons. The van der Waals surface area contributed by atoms with Crippen LogP contribution < -0.4 is 5.32 Å². The zero-order valence-electron chi connectivity index (χ0n) is 11.4. The minimum Gasteiger partial charge on any atom is -0.395 e. The fourth-order valence-electron chi connectivity index (χ4n) is 1.94. The smallest absolute Gasteiger partial charge is 0.277 e. The summed E-state index contributed by atoms with van der Waals surface area (Å²) in [5.74, 6) is 0.00328. The molecule has 2 N–H and O–H groups in total. The zero-order chi connectivity index (χ0) is 15.4. The lowest BCUT2D eigenvalue weighted by atomic mass is 10.3. The van der Waals surface area contributed by atoms with Gasteiger partial charge in [-0.3, -0.25) is 14.5 Å². The molecule has 1 aromatic carbocycles. The number of benzene rings is 1. The number of imide groups is 1. The van der Waals surface area contributed by atoms with E-state index in [1.165, 1.54) is 6.08 Å². The van der Waals surface area contributed by atoms with Gasteiger partial charge in [0.15, 0.2) is 0 Å². The number of aliphatic hydroxyl groups excluding tert-OH is 1. The molecule has 0 fully saturated rings. The number of anilines is 1. The van der Waals surface area contributed by atoms with E-state index in [1.54, 1.807) is 23.9 Å². The molecule has 1 aliphatic rings. The second-order valence-corrected chi connectivity index (χ2v) is 6.02. The maximum absolute atomic E-state index is 12.1. The molecular formula is C14H15ClN2O3S. The van der Waals surface area contributed by atoms with Crippen LogP contribution in [0.5, 0.6) is 0 Å². The third kappa shape index (κ3) is 3.58. The summed E-state index contributed by atoms with van der Waals surface area (Å²) in [5.41, 5.74) is 0.876. The van der Waals surface area contributed by atoms with Crippen molar-refractivity contribution < 1.29 is 14.7 Å². The standard InChI is InChI=1S/C14H15ClN2O3S/c1-2-21-12-4-3-9(15)7-10(12)16-11-8-13(19)17(5-6-18)14(11)20/h3-4,7-8,16,18H,2,5-6H2,1H3. The summed E-state index contributed by atoms with van der Waals surface area (Å²) in [5, 5.41) is 12.4. The highest BCUT2D eigenvalue weighted by Gasteiger charge is 2.30. The number of hydrogen-bond acceptors (Lipinski definition) is 5. The highest BCUT2D eigenvalue weighted by Crippen LogP contribution is 2.31. The molecule has 5 nitrogen and oxygen atoms in total. The average molecular weight is 327 g/mol. The molecule has 21 heavy (non-hydrogen) atoms. The molecular weight excluding hydrogens is 312 g/mol. The third-order valence-corrected chi connectivity index (χ3v) is 4.03. The second-order valence-electron chi connectivity index (χ2n) is 4.28. The molecule has 0 bridgehead atoms. The normalized spacial score (nSPS) is 14.6. The first kappa shape index (κ1) is 15.9. The molecule has 0 aromatic heterocycles. The fourth-order valence-corrected chi connectivity index (χ4v) is 2.85. The van der Waals surface area contributed by atoms with E-state index in [0.29, 0.717) is 10.7 Å². The number of aliphatic hydroxyl groups is 1. The monoisotopic (exact) mass is 326 g/mol. The van der Waals surface area contributed by atoms with Gasteiger partial charge in [-0.2, -0.15) is 0 Å². The minimum absolute atomic E-state index is 0.00847. The number of amides is 2. The Morgan fingerprint density at radius 1 is 1.38 bits per heavy atom. The van der Waals surface area contributed by atoms with Gasteiger partial charge in [-0.05, 0) is 24.0 Å². The summed E-state index contributed by atoms with van der Waals surface area (Å²) >= 11 is 7.59. The number of carbonyl (C=O) groups is 2. The Kier molecular flexibility index (Phi) is 5.27. The maximum atomic E-state index is 12.1. The third-order valence-electron chi connectivity index (χ3n) is 2.84. The largest absolute Gasteiger partial charge is 0.395 e. The van der Waals surface area contributed by atoms with Crippen LogP contribution in [-0.4, -0.2) is 40.7 Å². The van der Waals surface area contributed by atoms with Gasteiger partial charge in [0.05, 0.1) is 18.8 Å². The maximum Gasteiger partial charge on any atom is 0.277 e. The van der Waals surface area contributed by atoms with Crippen molar-refractivity contribution in [2.24, 2.45) is 0 Å². The van der Waals surface area contributed by atoms with Crippen molar-refractivity contribution in [2.75, 3.05) is 24.2 Å². The van der Waals surface area contributed by atoms with E-state index < -0.39 is 11.8 Å². The highest BCUT2D eigenvalue weighted by molar-refractivity contribution is 7.99. The van der Waals surface area contributed by atoms with Crippen LogP contribution in [0.1, 0.15) is 6.92 Å². The van der Waals surface area contributed by atoms with Crippen molar-refractivity contribution in [1.82, 2.24) is 4.90 Å². The van der Waals surface area contributed by atoms with E-state index in [2.05, 4.69) is 5.32 Å². The number of thioether (sulfide) groups is 1. The molecule has 0 aliphatic carbocycles. The molecule has 2 amide bonds. The van der Waals surface area contributed by atoms with E-state index >= 15 is 0 Å². The first-order valence-corrected chi connectivity index (χ1v) is 7.81. The first-order valence-electron chi connectivity index (χ1n) is 6.44. The molecule has 7 heteroatoms. The summed E-state index contributed by atoms with van der Waals surface area (Å²) < 4.78 is 0. The summed E-state index contributed by atoms with van der Waals surface area (Å²) in [6, 6.07) is 5.36. The number of nitrogens with zero attached hydrogens (tertiary/aromatic N) is 1. The van der Waals surface area contributed by atoms with Gasteiger partial charge in [0.25, 0.3) is 11.8 Å². The molecule has 0 saturated heterocycles. The Hall–Kier alpha value is -1.50. The van der Waals surface area contributed by atoms with Crippen molar-refractivity contribution in [3.05, 3.63) is 35.0 Å². The number of nitrogens with one attached hydrogen (secondary N) is 1. The van der Waals surface area contributed by atoms with Crippen LogP contribution in [0.3, 0.4) is 0 Å². The van der Waals surface area contributed by atoms with Crippen molar-refractivity contribution in [3.8, 4) is 0 Å². The van der Waals surface area contributed by atoms with Gasteiger partial charge in [0.1, 0.15) is 5.70 Å². The van der Waals surface area contributed by atoms with Gasteiger partial charge in [0.2, 0.25) is 0 Å². The SMILES string of the molecule is CCSc1ccc(Cl)cc1NC1=CC(=O)N(CCO)C1=O. The van der Waals surface area contributed by atoms with Crippen molar-refractivity contribution in [3.63, 3.8) is 0 Å².